The Balaban J connectivity index is 4.12. The zero-order valence-electron chi connectivity index (χ0n) is 51.1. The second kappa shape index (κ2) is 64.7. The lowest BCUT2D eigenvalue weighted by Crippen LogP contribution is -2.30. The lowest BCUT2D eigenvalue weighted by atomic mass is 10.0. The minimum Gasteiger partial charge on any atom is -0.462 e. The summed E-state index contributed by atoms with van der Waals surface area (Å²) in [6.45, 7) is 6.72. The Hall–Kier alpha value is -1.85. The van der Waals surface area contributed by atoms with Crippen molar-refractivity contribution < 1.29 is 28.6 Å². The van der Waals surface area contributed by atoms with E-state index in [-0.39, 0.29) is 31.1 Å². The van der Waals surface area contributed by atoms with E-state index in [4.69, 9.17) is 14.2 Å². The highest BCUT2D eigenvalue weighted by Crippen LogP contribution is 2.19. The molecule has 0 saturated carbocycles. The van der Waals surface area contributed by atoms with Crippen LogP contribution in [0.5, 0.6) is 0 Å². The number of hydrogen-bond acceptors (Lipinski definition) is 6. The minimum absolute atomic E-state index is 0.0622. The van der Waals surface area contributed by atoms with Crippen molar-refractivity contribution in [1.82, 2.24) is 0 Å². The SMILES string of the molecule is CCCCCCCCCC/C=C\CCCCCCCCCCCCCCCCCCCC(=O)OCC(COC(=O)CCCCCCCCCCCCCCCC)OC(=O)CCCCCCCCCCCCCCCC. The van der Waals surface area contributed by atoms with Crippen LogP contribution in [0, 0.1) is 0 Å². The molecule has 0 heterocycles. The third kappa shape index (κ3) is 62.9. The molecule has 0 rings (SSSR count). The van der Waals surface area contributed by atoms with Crippen molar-refractivity contribution in [1.29, 1.82) is 0 Å². The lowest BCUT2D eigenvalue weighted by molar-refractivity contribution is -0.167. The third-order valence-corrected chi connectivity index (χ3v) is 15.8. The maximum absolute atomic E-state index is 12.9. The first-order chi connectivity index (χ1) is 37.0. The van der Waals surface area contributed by atoms with Gasteiger partial charge in [-0.05, 0) is 44.9 Å². The van der Waals surface area contributed by atoms with Gasteiger partial charge < -0.3 is 14.2 Å². The van der Waals surface area contributed by atoms with Gasteiger partial charge >= 0.3 is 17.9 Å². The molecule has 0 N–H and O–H groups in total. The van der Waals surface area contributed by atoms with E-state index >= 15 is 0 Å². The first-order valence-electron chi connectivity index (χ1n) is 34.2. The molecule has 0 bridgehead atoms. The van der Waals surface area contributed by atoms with Crippen LogP contribution < -0.4 is 0 Å². The van der Waals surface area contributed by atoms with Gasteiger partial charge in [-0.2, -0.15) is 0 Å². The van der Waals surface area contributed by atoms with E-state index < -0.39 is 6.10 Å². The van der Waals surface area contributed by atoms with E-state index in [1.165, 1.54) is 295 Å². The van der Waals surface area contributed by atoms with E-state index in [2.05, 4.69) is 32.9 Å². The van der Waals surface area contributed by atoms with Gasteiger partial charge in [-0.1, -0.05) is 341 Å². The summed E-state index contributed by atoms with van der Waals surface area (Å²) in [6.07, 6.45) is 76.7. The van der Waals surface area contributed by atoms with Crippen LogP contribution in [0.3, 0.4) is 0 Å². The molecule has 0 aromatic carbocycles. The van der Waals surface area contributed by atoms with Gasteiger partial charge in [0.25, 0.3) is 0 Å². The Bertz CT molecular complexity index is 1170. The number of rotatable bonds is 64. The smallest absolute Gasteiger partial charge is 0.306 e. The number of ether oxygens (including phenoxy) is 3. The van der Waals surface area contributed by atoms with Gasteiger partial charge in [-0.25, -0.2) is 0 Å². The topological polar surface area (TPSA) is 78.9 Å². The van der Waals surface area contributed by atoms with Gasteiger partial charge in [0.2, 0.25) is 0 Å². The van der Waals surface area contributed by atoms with Gasteiger partial charge in [0.1, 0.15) is 13.2 Å². The third-order valence-electron chi connectivity index (χ3n) is 15.8. The van der Waals surface area contributed by atoms with Crippen LogP contribution >= 0.6 is 0 Å². The highest BCUT2D eigenvalue weighted by atomic mass is 16.6. The molecule has 0 radical (unpaired) electrons. The number of hydrogen-bond donors (Lipinski definition) is 0. The Labute approximate surface area is 469 Å². The Kier molecular flexibility index (Phi) is 63.1. The van der Waals surface area contributed by atoms with E-state index in [9.17, 15) is 14.4 Å². The van der Waals surface area contributed by atoms with Crippen LogP contribution in [0.4, 0.5) is 0 Å². The summed E-state index contributed by atoms with van der Waals surface area (Å²) in [7, 11) is 0. The molecule has 0 aliphatic heterocycles. The van der Waals surface area contributed by atoms with Crippen LogP contribution in [-0.4, -0.2) is 37.2 Å². The van der Waals surface area contributed by atoms with Gasteiger partial charge in [0.15, 0.2) is 6.10 Å². The average molecular weight is 1060 g/mol. The van der Waals surface area contributed by atoms with Crippen LogP contribution in [0.25, 0.3) is 0 Å². The second-order valence-electron chi connectivity index (χ2n) is 23.5. The zero-order valence-corrected chi connectivity index (χ0v) is 51.1. The monoisotopic (exact) mass is 1060 g/mol. The summed E-state index contributed by atoms with van der Waals surface area (Å²) in [5, 5.41) is 0. The van der Waals surface area contributed by atoms with Gasteiger partial charge in [-0.15, -0.1) is 0 Å². The fourth-order valence-corrected chi connectivity index (χ4v) is 10.6. The first-order valence-corrected chi connectivity index (χ1v) is 34.2. The summed E-state index contributed by atoms with van der Waals surface area (Å²) in [4.78, 5) is 38.3. The van der Waals surface area contributed by atoms with Crippen molar-refractivity contribution in [2.75, 3.05) is 13.2 Å². The summed E-state index contributed by atoms with van der Waals surface area (Å²) in [5.74, 6) is -0.829. The van der Waals surface area contributed by atoms with Crippen LogP contribution in [0.2, 0.25) is 0 Å². The molecule has 0 saturated heterocycles. The highest BCUT2D eigenvalue weighted by Gasteiger charge is 2.19. The lowest BCUT2D eigenvalue weighted by Gasteiger charge is -2.18. The predicted octanol–water partition coefficient (Wildman–Crippen LogP) is 23.2. The minimum atomic E-state index is -0.764. The number of unbranched alkanes of at least 4 members (excludes halogenated alkanes) is 51. The Morgan fingerprint density at radius 3 is 0.667 bits per heavy atom. The molecule has 6 heteroatoms. The largest absolute Gasteiger partial charge is 0.462 e. The van der Waals surface area contributed by atoms with E-state index in [1.54, 1.807) is 0 Å². The quantitative estimate of drug-likeness (QED) is 0.0261. The van der Waals surface area contributed by atoms with Crippen LogP contribution in [0.1, 0.15) is 393 Å². The second-order valence-corrected chi connectivity index (χ2v) is 23.5. The van der Waals surface area contributed by atoms with Crippen molar-refractivity contribution in [3.05, 3.63) is 12.2 Å². The summed E-state index contributed by atoms with van der Waals surface area (Å²) in [5.41, 5.74) is 0. The molecular formula is C69H132O6. The van der Waals surface area contributed by atoms with E-state index in [0.717, 1.165) is 57.8 Å². The molecule has 0 fully saturated rings. The molecule has 1 atom stereocenters. The molecule has 1 unspecified atom stereocenters. The molecule has 0 aromatic heterocycles. The van der Waals surface area contributed by atoms with E-state index in [0.29, 0.717) is 19.3 Å². The average Bonchev–Trinajstić information content (AvgIpc) is 3.41. The van der Waals surface area contributed by atoms with Gasteiger partial charge in [0, 0.05) is 19.3 Å². The van der Waals surface area contributed by atoms with Crippen molar-refractivity contribution in [3.63, 3.8) is 0 Å². The summed E-state index contributed by atoms with van der Waals surface area (Å²) in [6, 6.07) is 0. The molecule has 0 aromatic rings. The molecule has 444 valence electrons. The number of allylic oxidation sites excluding steroid dienone is 2. The Morgan fingerprint density at radius 2 is 0.440 bits per heavy atom. The van der Waals surface area contributed by atoms with Crippen molar-refractivity contribution in [2.45, 2.75) is 399 Å². The Morgan fingerprint density at radius 1 is 0.253 bits per heavy atom. The van der Waals surface area contributed by atoms with Gasteiger partial charge in [-0.3, -0.25) is 14.4 Å². The molecular weight excluding hydrogens is 925 g/mol. The standard InChI is InChI=1S/C69H132O6/c1-4-7-10-13-16-19-22-25-28-29-30-31-32-33-34-35-36-37-38-39-40-41-42-45-47-50-53-56-59-62-68(71)74-65-66(75-69(72)63-60-57-54-51-48-44-27-24-21-18-15-12-9-6-3)64-73-67(70)61-58-55-52-49-46-43-26-23-20-17-14-11-8-5-2/h29-30,66H,4-28,31-65H2,1-3H3/b30-29-. The highest BCUT2D eigenvalue weighted by molar-refractivity contribution is 5.71. The van der Waals surface area contributed by atoms with Gasteiger partial charge in [0.05, 0.1) is 0 Å². The molecule has 0 amide bonds. The number of carbonyl (C=O) groups is 3. The molecule has 75 heavy (non-hydrogen) atoms. The fraction of sp³-hybridized carbons (Fsp3) is 0.928. The van der Waals surface area contributed by atoms with Crippen molar-refractivity contribution >= 4 is 17.9 Å². The summed E-state index contributed by atoms with van der Waals surface area (Å²) >= 11 is 0. The van der Waals surface area contributed by atoms with Crippen molar-refractivity contribution in [2.24, 2.45) is 0 Å². The number of esters is 3. The molecule has 0 spiro atoms. The van der Waals surface area contributed by atoms with Crippen LogP contribution in [-0.2, 0) is 28.6 Å². The maximum Gasteiger partial charge on any atom is 0.306 e. The molecule has 6 nitrogen and oxygen atoms in total. The number of carbonyl (C=O) groups excluding carboxylic acids is 3. The van der Waals surface area contributed by atoms with E-state index in [1.807, 2.05) is 0 Å². The molecule has 0 aliphatic carbocycles. The zero-order chi connectivity index (χ0) is 54.3. The molecule has 0 aliphatic rings. The maximum atomic E-state index is 12.9. The van der Waals surface area contributed by atoms with Crippen molar-refractivity contribution in [3.8, 4) is 0 Å². The van der Waals surface area contributed by atoms with Crippen LogP contribution in [0.15, 0.2) is 12.2 Å². The summed E-state index contributed by atoms with van der Waals surface area (Å²) < 4.78 is 17.0. The fourth-order valence-electron chi connectivity index (χ4n) is 10.6. The normalized spacial score (nSPS) is 12.0. The first kappa shape index (κ1) is 73.2. The predicted molar refractivity (Wildman–Crippen MR) is 326 cm³/mol.